The Morgan fingerprint density at radius 1 is 1.29 bits per heavy atom. The lowest BCUT2D eigenvalue weighted by Gasteiger charge is -2.18. The Balaban J connectivity index is 0.00000392. The zero-order valence-electron chi connectivity index (χ0n) is 16.4. The van der Waals surface area contributed by atoms with Gasteiger partial charge >= 0.3 is 5.97 Å². The molecule has 1 aromatic heterocycles. The van der Waals surface area contributed by atoms with E-state index in [0.717, 1.165) is 5.56 Å². The van der Waals surface area contributed by atoms with Crippen molar-refractivity contribution in [1.29, 1.82) is 0 Å². The highest BCUT2D eigenvalue weighted by Gasteiger charge is 2.15. The molecule has 154 valence electrons. The number of carbonyl (C=O) groups excluding carboxylic acids is 1. The number of halogens is 1. The topological polar surface area (TPSA) is 96.1 Å². The van der Waals surface area contributed by atoms with Gasteiger partial charge in [-0.1, -0.05) is 30.3 Å². The molecule has 0 amide bonds. The summed E-state index contributed by atoms with van der Waals surface area (Å²) in [7, 11) is 1.34. The number of nitrogens with one attached hydrogen (secondary N) is 2. The number of aliphatic hydroxyl groups is 1. The van der Waals surface area contributed by atoms with Crippen LogP contribution in [-0.2, 0) is 11.3 Å². The number of hydrogen-bond acceptors (Lipinski definition) is 5. The van der Waals surface area contributed by atoms with E-state index in [1.54, 1.807) is 13.0 Å². The lowest BCUT2D eigenvalue weighted by molar-refractivity contribution is 0.0599. The molecule has 8 heteroatoms. The number of methoxy groups -OCH3 is 1. The van der Waals surface area contributed by atoms with E-state index in [1.165, 1.54) is 7.11 Å². The summed E-state index contributed by atoms with van der Waals surface area (Å²) in [5, 5.41) is 16.1. The molecule has 7 nitrogen and oxygen atoms in total. The highest BCUT2D eigenvalue weighted by atomic mass is 127. The molecule has 28 heavy (non-hydrogen) atoms. The van der Waals surface area contributed by atoms with E-state index < -0.39 is 5.97 Å². The van der Waals surface area contributed by atoms with E-state index in [4.69, 9.17) is 9.15 Å². The number of furan rings is 1. The molecule has 0 aliphatic carbocycles. The van der Waals surface area contributed by atoms with Gasteiger partial charge in [0.05, 0.1) is 13.7 Å². The molecule has 1 atom stereocenters. The van der Waals surface area contributed by atoms with Crippen LogP contribution in [-0.4, -0.2) is 43.8 Å². The zero-order chi connectivity index (χ0) is 19.6. The third-order valence-electron chi connectivity index (χ3n) is 4.12. The first-order valence-electron chi connectivity index (χ1n) is 8.94. The van der Waals surface area contributed by atoms with Gasteiger partial charge in [-0.25, -0.2) is 9.79 Å². The average Bonchev–Trinajstić information content (AvgIpc) is 3.07. The first-order chi connectivity index (χ1) is 13.1. The van der Waals surface area contributed by atoms with Crippen molar-refractivity contribution in [3.63, 3.8) is 0 Å². The molecule has 0 bridgehead atoms. The van der Waals surface area contributed by atoms with E-state index in [1.807, 2.05) is 37.3 Å². The first kappa shape index (κ1) is 24.0. The summed E-state index contributed by atoms with van der Waals surface area (Å²) in [4.78, 5) is 16.2. The maximum absolute atomic E-state index is 11.7. The van der Waals surface area contributed by atoms with Crippen molar-refractivity contribution in [3.05, 3.63) is 59.0 Å². The predicted molar refractivity (Wildman–Crippen MR) is 119 cm³/mol. The van der Waals surface area contributed by atoms with Crippen molar-refractivity contribution in [2.75, 3.05) is 26.8 Å². The van der Waals surface area contributed by atoms with Gasteiger partial charge in [0.1, 0.15) is 23.6 Å². The summed E-state index contributed by atoms with van der Waals surface area (Å²) in [6.45, 7) is 5.25. The maximum Gasteiger partial charge on any atom is 0.341 e. The van der Waals surface area contributed by atoms with Gasteiger partial charge in [0.2, 0.25) is 0 Å². The summed E-state index contributed by atoms with van der Waals surface area (Å²) >= 11 is 0. The van der Waals surface area contributed by atoms with Gasteiger partial charge in [0, 0.05) is 19.0 Å². The third-order valence-corrected chi connectivity index (χ3v) is 4.12. The zero-order valence-corrected chi connectivity index (χ0v) is 18.7. The SMILES string of the molecule is CCNC(=NCc1cc(C(=O)OC)c(C)o1)NCC(CO)c1ccccc1.I. The molecule has 0 aliphatic rings. The van der Waals surface area contributed by atoms with Crippen molar-refractivity contribution < 1.29 is 19.1 Å². The normalized spacial score (nSPS) is 12.1. The number of carbonyl (C=O) groups is 1. The first-order valence-corrected chi connectivity index (χ1v) is 8.94. The summed E-state index contributed by atoms with van der Waals surface area (Å²) in [5.41, 5.74) is 1.47. The van der Waals surface area contributed by atoms with Gasteiger partial charge in [-0.3, -0.25) is 0 Å². The Morgan fingerprint density at radius 3 is 2.61 bits per heavy atom. The van der Waals surface area contributed by atoms with E-state index in [9.17, 15) is 9.90 Å². The molecule has 2 rings (SSSR count). The Labute approximate surface area is 182 Å². The molecule has 0 saturated heterocycles. The summed E-state index contributed by atoms with van der Waals surface area (Å²) in [6.07, 6.45) is 0. The summed E-state index contributed by atoms with van der Waals surface area (Å²) in [6, 6.07) is 11.5. The smallest absolute Gasteiger partial charge is 0.341 e. The molecule has 1 heterocycles. The van der Waals surface area contributed by atoms with Crippen LogP contribution in [0.5, 0.6) is 0 Å². The summed E-state index contributed by atoms with van der Waals surface area (Å²) in [5.74, 6) is 1.24. The van der Waals surface area contributed by atoms with Crippen molar-refractivity contribution in [3.8, 4) is 0 Å². The fourth-order valence-corrected chi connectivity index (χ4v) is 2.67. The second kappa shape index (κ2) is 12.4. The number of aliphatic imine (C=N–C) groups is 1. The minimum Gasteiger partial charge on any atom is -0.465 e. The van der Waals surface area contributed by atoms with Crippen LogP contribution in [0.1, 0.15) is 40.3 Å². The molecular formula is C20H28IN3O4. The largest absolute Gasteiger partial charge is 0.465 e. The van der Waals surface area contributed by atoms with Crippen LogP contribution in [0.3, 0.4) is 0 Å². The fourth-order valence-electron chi connectivity index (χ4n) is 2.67. The van der Waals surface area contributed by atoms with Gasteiger partial charge in [-0.05, 0) is 25.5 Å². The van der Waals surface area contributed by atoms with Crippen molar-refractivity contribution in [1.82, 2.24) is 10.6 Å². The third kappa shape index (κ3) is 6.83. The van der Waals surface area contributed by atoms with Crippen LogP contribution < -0.4 is 10.6 Å². The van der Waals surface area contributed by atoms with Crippen LogP contribution in [0, 0.1) is 6.92 Å². The Bertz CT molecular complexity index is 762. The van der Waals surface area contributed by atoms with Gasteiger partial charge in [0.15, 0.2) is 5.96 Å². The van der Waals surface area contributed by atoms with Gasteiger partial charge in [-0.2, -0.15) is 0 Å². The number of hydrogen-bond donors (Lipinski definition) is 3. The molecule has 0 saturated carbocycles. The Kier molecular flexibility index (Phi) is 10.6. The lowest BCUT2D eigenvalue weighted by Crippen LogP contribution is -2.39. The minimum atomic E-state index is -0.426. The van der Waals surface area contributed by atoms with Crippen LogP contribution in [0.4, 0.5) is 0 Å². The van der Waals surface area contributed by atoms with Crippen LogP contribution in [0.2, 0.25) is 0 Å². The fraction of sp³-hybridized carbons (Fsp3) is 0.400. The van der Waals surface area contributed by atoms with Crippen LogP contribution in [0.25, 0.3) is 0 Å². The predicted octanol–water partition coefficient (Wildman–Crippen LogP) is 2.82. The molecular weight excluding hydrogens is 473 g/mol. The second-order valence-electron chi connectivity index (χ2n) is 6.04. The van der Waals surface area contributed by atoms with E-state index >= 15 is 0 Å². The molecule has 0 radical (unpaired) electrons. The highest BCUT2D eigenvalue weighted by molar-refractivity contribution is 14.0. The minimum absolute atomic E-state index is 0. The lowest BCUT2D eigenvalue weighted by atomic mass is 10.0. The summed E-state index contributed by atoms with van der Waals surface area (Å²) < 4.78 is 10.3. The quantitative estimate of drug-likeness (QED) is 0.223. The molecule has 0 fully saturated rings. The Hall–Kier alpha value is -2.07. The van der Waals surface area contributed by atoms with Crippen LogP contribution >= 0.6 is 24.0 Å². The van der Waals surface area contributed by atoms with E-state index in [2.05, 4.69) is 15.6 Å². The molecule has 1 unspecified atom stereocenters. The molecule has 0 spiro atoms. The second-order valence-corrected chi connectivity index (χ2v) is 6.04. The molecule has 2 aromatic rings. The number of nitrogens with zero attached hydrogens (tertiary/aromatic N) is 1. The number of rotatable bonds is 8. The van der Waals surface area contributed by atoms with E-state index in [0.29, 0.717) is 36.1 Å². The molecule has 3 N–H and O–H groups in total. The maximum atomic E-state index is 11.7. The van der Waals surface area contributed by atoms with Crippen molar-refractivity contribution in [2.45, 2.75) is 26.3 Å². The molecule has 1 aromatic carbocycles. The van der Waals surface area contributed by atoms with Gasteiger partial charge in [0.25, 0.3) is 0 Å². The number of aryl methyl sites for hydroxylation is 1. The number of esters is 1. The number of ether oxygens (including phenoxy) is 1. The standard InChI is InChI=1S/C20H27N3O4.HI/c1-4-21-20(22-11-16(13-24)15-8-6-5-7-9-15)23-12-17-10-18(14(2)27-17)19(25)26-3;/h5-10,16,24H,4,11-13H2,1-3H3,(H2,21,22,23);1H. The van der Waals surface area contributed by atoms with Gasteiger partial charge < -0.3 is 24.9 Å². The highest BCUT2D eigenvalue weighted by Crippen LogP contribution is 2.16. The number of benzene rings is 1. The number of guanidine groups is 1. The van der Waals surface area contributed by atoms with Gasteiger partial charge in [-0.15, -0.1) is 24.0 Å². The van der Waals surface area contributed by atoms with E-state index in [-0.39, 0.29) is 43.0 Å². The number of aliphatic hydroxyl groups excluding tert-OH is 1. The average molecular weight is 501 g/mol. The Morgan fingerprint density at radius 2 is 2.00 bits per heavy atom. The van der Waals surface area contributed by atoms with Crippen molar-refractivity contribution >= 4 is 35.9 Å². The molecule has 0 aliphatic heterocycles. The van der Waals surface area contributed by atoms with Crippen molar-refractivity contribution in [2.24, 2.45) is 4.99 Å². The van der Waals surface area contributed by atoms with Crippen LogP contribution in [0.15, 0.2) is 45.8 Å². The monoisotopic (exact) mass is 501 g/mol.